The molecule has 27 rings (SSSR count). The Morgan fingerprint density at radius 3 is 0.592 bits per heavy atom. The second-order valence-corrected chi connectivity index (χ2v) is 33.2. The van der Waals surface area contributed by atoms with Crippen LogP contribution in [-0.4, -0.2) is 13.4 Å². The van der Waals surface area contributed by atoms with Gasteiger partial charge in [0.1, 0.15) is 0 Å². The van der Waals surface area contributed by atoms with Gasteiger partial charge >= 0.3 is 0 Å². The quantitative estimate of drug-likeness (QED) is 0.121. The zero-order valence-corrected chi connectivity index (χ0v) is 65.2. The van der Waals surface area contributed by atoms with Crippen molar-refractivity contribution < 1.29 is 0 Å². The van der Waals surface area contributed by atoms with E-state index in [-0.39, 0.29) is 13.4 Å². The Hall–Kier alpha value is -15.5. The monoisotopic (exact) mass is 1510 g/mol. The minimum atomic E-state index is -0.242. The minimum absolute atomic E-state index is 0.242. The first-order valence-corrected chi connectivity index (χ1v) is 41.9. The summed E-state index contributed by atoms with van der Waals surface area (Å²) < 4.78 is 0. The Balaban J connectivity index is 0.785. The molecule has 23 aromatic rings. The molecule has 550 valence electrons. The minimum Gasteiger partial charge on any atom is -0.311 e. The zero-order valence-electron chi connectivity index (χ0n) is 65.2. The highest BCUT2D eigenvalue weighted by Gasteiger charge is 2.49. The molecule has 0 bridgehead atoms. The van der Waals surface area contributed by atoms with Crippen LogP contribution >= 0.6 is 0 Å². The summed E-state index contributed by atoms with van der Waals surface area (Å²) in [5, 5.41) is 29.8. The maximum atomic E-state index is 2.71. The van der Waals surface area contributed by atoms with Crippen LogP contribution in [0.2, 0.25) is 0 Å². The molecule has 0 atom stereocenters. The molecular weight excluding hydrogens is 1450 g/mol. The zero-order chi connectivity index (χ0) is 78.1. The van der Waals surface area contributed by atoms with Crippen LogP contribution < -0.4 is 52.4 Å². The molecule has 0 amide bonds. The SMILES string of the molecule is c1ccc(-c2cc3c4c(c2)N(c2ccc5c6ccccc6c6ccccc6c5c2)c2cc5c(cc2B4c2ccccc2N3c2ccc3c4ccccc4c4ccccc4c3c2)B2c3ccccc3N(c3ccc4c6ccccc6c6ccccc6c4c3)c3cc(-c4ccccc4)cc(c32)N5c2ccc3c4ccccc4c4ccccc4c3c2)cc1. The van der Waals surface area contributed by atoms with Crippen molar-refractivity contribution in [2.45, 2.75) is 0 Å². The van der Waals surface area contributed by atoms with Crippen molar-refractivity contribution in [3.05, 3.63) is 413 Å². The lowest BCUT2D eigenvalue weighted by atomic mass is 9.30. The van der Waals surface area contributed by atoms with E-state index in [4.69, 9.17) is 0 Å². The highest BCUT2D eigenvalue weighted by Crippen LogP contribution is 2.54. The highest BCUT2D eigenvalue weighted by molar-refractivity contribution is 7.03. The second-order valence-electron chi connectivity index (χ2n) is 33.2. The summed E-state index contributed by atoms with van der Waals surface area (Å²) in [5.74, 6) is 0. The molecule has 4 heterocycles. The van der Waals surface area contributed by atoms with E-state index in [9.17, 15) is 0 Å². The molecule has 4 aliphatic heterocycles. The third-order valence-electron chi connectivity index (χ3n) is 27.2. The molecule has 0 radical (unpaired) electrons. The number of hydrogen-bond donors (Lipinski definition) is 0. The van der Waals surface area contributed by atoms with Crippen molar-refractivity contribution >= 4 is 244 Å². The topological polar surface area (TPSA) is 13.0 Å². The van der Waals surface area contributed by atoms with Crippen molar-refractivity contribution in [1.82, 2.24) is 0 Å². The molecule has 0 aromatic heterocycles. The van der Waals surface area contributed by atoms with E-state index >= 15 is 0 Å². The van der Waals surface area contributed by atoms with E-state index in [2.05, 4.69) is 432 Å². The van der Waals surface area contributed by atoms with Gasteiger partial charge in [-0.25, -0.2) is 0 Å². The lowest BCUT2D eigenvalue weighted by molar-refractivity contribution is 1.24. The predicted molar refractivity (Wildman–Crippen MR) is 515 cm³/mol. The number of hydrogen-bond acceptors (Lipinski definition) is 4. The van der Waals surface area contributed by atoms with Gasteiger partial charge in [0.05, 0.1) is 0 Å². The van der Waals surface area contributed by atoms with Gasteiger partial charge < -0.3 is 19.6 Å². The standard InChI is InChI=1S/C114H68B2N4/c1-3-27-69(28-4-1)71-59-109-113-111(61-71)119(75-53-57-95-87-41-13-9-33-79(87)83-37-17-21-45-91(83)99(95)65-75)107-68-108-104(67-103(107)115(113)101-47-23-25-49-105(101)117(109)73-51-55-93-85-39-11-7-31-77(85)81-35-15-19-43-89(81)97(93)63-73)116-102-48-24-26-50-106(102)118(74-52-56-94-86-40-12-8-32-78(86)82-36-16-20-44-90(82)98(94)64-74)110-60-72(70-29-5-2-6-30-70)62-112(114(110)116)120(108)76-54-58-96-88-42-14-10-34-80(88)84-38-18-22-46-92(84)100(96)66-76/h1-68H. The molecule has 0 saturated heterocycles. The Bertz CT molecular complexity index is 7860. The van der Waals surface area contributed by atoms with E-state index in [1.807, 2.05) is 0 Å². The van der Waals surface area contributed by atoms with Crippen LogP contribution in [0.15, 0.2) is 413 Å². The number of fused-ring (bicyclic) bond motifs is 32. The molecule has 0 aliphatic carbocycles. The fraction of sp³-hybridized carbons (Fsp3) is 0. The van der Waals surface area contributed by atoms with E-state index in [0.29, 0.717) is 0 Å². The highest BCUT2D eigenvalue weighted by atomic mass is 15.2. The lowest BCUT2D eigenvalue weighted by Gasteiger charge is -2.47. The number of para-hydroxylation sites is 2. The van der Waals surface area contributed by atoms with Gasteiger partial charge in [-0.3, -0.25) is 0 Å². The molecule has 120 heavy (non-hydrogen) atoms. The molecule has 0 unspecified atom stereocenters. The first kappa shape index (κ1) is 65.7. The van der Waals surface area contributed by atoms with Crippen LogP contribution in [0.1, 0.15) is 0 Å². The first-order chi connectivity index (χ1) is 59.6. The van der Waals surface area contributed by atoms with E-state index in [1.54, 1.807) is 0 Å². The summed E-state index contributed by atoms with van der Waals surface area (Å²) in [5.41, 5.74) is 25.6. The number of rotatable bonds is 6. The lowest BCUT2D eigenvalue weighted by Crippen LogP contribution is -2.65. The van der Waals surface area contributed by atoms with Crippen LogP contribution in [0.5, 0.6) is 0 Å². The summed E-state index contributed by atoms with van der Waals surface area (Å²) in [6, 6.07) is 158. The van der Waals surface area contributed by atoms with Gasteiger partial charge in [-0.05, 0) is 275 Å². The van der Waals surface area contributed by atoms with Gasteiger partial charge in [-0.2, -0.15) is 0 Å². The molecule has 0 fully saturated rings. The molecule has 6 heteroatoms. The van der Waals surface area contributed by atoms with Crippen molar-refractivity contribution in [3.63, 3.8) is 0 Å². The molecule has 0 spiro atoms. The summed E-state index contributed by atoms with van der Waals surface area (Å²) in [6.07, 6.45) is 0. The van der Waals surface area contributed by atoms with Crippen LogP contribution in [0.25, 0.3) is 152 Å². The summed E-state index contributed by atoms with van der Waals surface area (Å²) in [6.45, 7) is -0.485. The molecule has 4 nitrogen and oxygen atoms in total. The largest absolute Gasteiger partial charge is 0.311 e. The summed E-state index contributed by atoms with van der Waals surface area (Å²) in [7, 11) is 0. The average Bonchev–Trinajstić information content (AvgIpc) is 0.679. The predicted octanol–water partition coefficient (Wildman–Crippen LogP) is 27.0. The van der Waals surface area contributed by atoms with Crippen LogP contribution in [-0.2, 0) is 0 Å². The molecular formula is C114H68B2N4. The maximum absolute atomic E-state index is 2.71. The fourth-order valence-corrected chi connectivity index (χ4v) is 22.2. The molecule has 23 aromatic carbocycles. The molecule has 4 aliphatic rings. The Morgan fingerprint density at radius 2 is 0.333 bits per heavy atom. The van der Waals surface area contributed by atoms with Crippen LogP contribution in [0, 0.1) is 0 Å². The second kappa shape index (κ2) is 25.0. The van der Waals surface area contributed by atoms with E-state index in [0.717, 1.165) is 90.5 Å². The first-order valence-electron chi connectivity index (χ1n) is 41.9. The smallest absolute Gasteiger partial charge is 0.252 e. The van der Waals surface area contributed by atoms with Gasteiger partial charge in [0.25, 0.3) is 13.4 Å². The molecule has 0 saturated carbocycles. The van der Waals surface area contributed by atoms with E-state index in [1.165, 1.54) is 162 Å². The fourth-order valence-electron chi connectivity index (χ4n) is 22.2. The normalized spacial score (nSPS) is 13.2. The van der Waals surface area contributed by atoms with Gasteiger partial charge in [0, 0.05) is 68.2 Å². The van der Waals surface area contributed by atoms with Gasteiger partial charge in [0.15, 0.2) is 0 Å². The van der Waals surface area contributed by atoms with Gasteiger partial charge in [-0.15, -0.1) is 0 Å². The van der Waals surface area contributed by atoms with Crippen molar-refractivity contribution in [3.8, 4) is 22.3 Å². The van der Waals surface area contributed by atoms with Crippen molar-refractivity contribution in [2.24, 2.45) is 0 Å². The number of nitrogens with zero attached hydrogens (tertiary/aromatic N) is 4. The van der Waals surface area contributed by atoms with Crippen LogP contribution in [0.3, 0.4) is 0 Å². The molecule has 0 N–H and O–H groups in total. The number of benzene rings is 23. The summed E-state index contributed by atoms with van der Waals surface area (Å²) in [4.78, 5) is 10.6. The Labute approximate surface area is 693 Å². The Kier molecular flexibility index (Phi) is 13.7. The number of anilines is 12. The third-order valence-corrected chi connectivity index (χ3v) is 27.2. The third kappa shape index (κ3) is 9.22. The Morgan fingerprint density at radius 1 is 0.125 bits per heavy atom. The van der Waals surface area contributed by atoms with Crippen molar-refractivity contribution in [2.75, 3.05) is 19.6 Å². The van der Waals surface area contributed by atoms with Crippen molar-refractivity contribution in [1.29, 1.82) is 0 Å². The van der Waals surface area contributed by atoms with Gasteiger partial charge in [-0.1, -0.05) is 322 Å². The van der Waals surface area contributed by atoms with E-state index < -0.39 is 0 Å². The summed E-state index contributed by atoms with van der Waals surface area (Å²) >= 11 is 0. The maximum Gasteiger partial charge on any atom is 0.252 e. The van der Waals surface area contributed by atoms with Gasteiger partial charge in [0.2, 0.25) is 0 Å². The average molecular weight is 1520 g/mol. The van der Waals surface area contributed by atoms with Crippen LogP contribution in [0.4, 0.5) is 68.2 Å².